The van der Waals surface area contributed by atoms with Crippen molar-refractivity contribution in [3.8, 4) is 0 Å². The van der Waals surface area contributed by atoms with Gasteiger partial charge in [0.2, 0.25) is 5.88 Å². The SMILES string of the molecule is CNc1onc2c1CC(c1c(Cl)cccc1Cl)CC2. The molecule has 1 N–H and O–H groups in total. The summed E-state index contributed by atoms with van der Waals surface area (Å²) < 4.78 is 5.28. The highest BCUT2D eigenvalue weighted by atomic mass is 35.5. The van der Waals surface area contributed by atoms with Gasteiger partial charge in [0, 0.05) is 22.7 Å². The Morgan fingerprint density at radius 1 is 1.32 bits per heavy atom. The van der Waals surface area contributed by atoms with Crippen LogP contribution in [0.25, 0.3) is 0 Å². The van der Waals surface area contributed by atoms with Gasteiger partial charge in [-0.25, -0.2) is 0 Å². The van der Waals surface area contributed by atoms with Gasteiger partial charge in [0.25, 0.3) is 0 Å². The lowest BCUT2D eigenvalue weighted by Crippen LogP contribution is -2.13. The molecule has 0 bridgehead atoms. The highest BCUT2D eigenvalue weighted by Gasteiger charge is 2.28. The van der Waals surface area contributed by atoms with Gasteiger partial charge in [0.1, 0.15) is 0 Å². The van der Waals surface area contributed by atoms with Crippen molar-refractivity contribution in [2.45, 2.75) is 25.2 Å². The number of hydrogen-bond acceptors (Lipinski definition) is 3. The van der Waals surface area contributed by atoms with Crippen molar-refractivity contribution < 1.29 is 4.52 Å². The van der Waals surface area contributed by atoms with Gasteiger partial charge in [-0.05, 0) is 42.9 Å². The first-order valence-electron chi connectivity index (χ1n) is 6.29. The fourth-order valence-corrected chi connectivity index (χ4v) is 3.46. The van der Waals surface area contributed by atoms with E-state index in [2.05, 4.69) is 10.5 Å². The number of anilines is 1. The Morgan fingerprint density at radius 2 is 2.05 bits per heavy atom. The molecule has 100 valence electrons. The molecule has 1 aromatic heterocycles. The van der Waals surface area contributed by atoms with Crippen molar-refractivity contribution in [2.24, 2.45) is 0 Å². The Bertz CT molecular complexity index is 576. The minimum atomic E-state index is 0.320. The summed E-state index contributed by atoms with van der Waals surface area (Å²) in [7, 11) is 1.84. The summed E-state index contributed by atoms with van der Waals surface area (Å²) in [5, 5.41) is 8.62. The average molecular weight is 297 g/mol. The van der Waals surface area contributed by atoms with E-state index in [1.807, 2.05) is 25.2 Å². The van der Waals surface area contributed by atoms with Gasteiger partial charge in [-0.15, -0.1) is 0 Å². The monoisotopic (exact) mass is 296 g/mol. The van der Waals surface area contributed by atoms with E-state index in [1.54, 1.807) is 0 Å². The van der Waals surface area contributed by atoms with Gasteiger partial charge in [-0.3, -0.25) is 0 Å². The topological polar surface area (TPSA) is 38.1 Å². The summed E-state index contributed by atoms with van der Waals surface area (Å²) in [6.45, 7) is 0. The van der Waals surface area contributed by atoms with E-state index in [1.165, 1.54) is 0 Å². The number of rotatable bonds is 2. The summed E-state index contributed by atoms with van der Waals surface area (Å²) in [5.41, 5.74) is 3.23. The van der Waals surface area contributed by atoms with Gasteiger partial charge < -0.3 is 9.84 Å². The standard InChI is InChI=1S/C14H14Cl2N2O/c1-17-14-9-7-8(5-6-12(9)18-19-14)13-10(15)3-2-4-11(13)16/h2-4,8,17H,5-7H2,1H3. The van der Waals surface area contributed by atoms with Crippen LogP contribution in [0, 0.1) is 0 Å². The van der Waals surface area contributed by atoms with Gasteiger partial charge in [0.05, 0.1) is 5.69 Å². The number of nitrogens with one attached hydrogen (secondary N) is 1. The maximum atomic E-state index is 6.30. The van der Waals surface area contributed by atoms with E-state index in [9.17, 15) is 0 Å². The van der Waals surface area contributed by atoms with Crippen LogP contribution < -0.4 is 5.32 Å². The van der Waals surface area contributed by atoms with Gasteiger partial charge >= 0.3 is 0 Å². The molecule has 0 fully saturated rings. The quantitative estimate of drug-likeness (QED) is 0.898. The van der Waals surface area contributed by atoms with Crippen LogP contribution in [0.3, 0.4) is 0 Å². The van der Waals surface area contributed by atoms with Crippen molar-refractivity contribution in [3.63, 3.8) is 0 Å². The van der Waals surface area contributed by atoms with Crippen LogP contribution in [0.15, 0.2) is 22.7 Å². The molecule has 3 rings (SSSR count). The average Bonchev–Trinajstić information content (AvgIpc) is 2.81. The normalized spacial score (nSPS) is 18.2. The number of aromatic nitrogens is 1. The molecule has 1 atom stereocenters. The second-order valence-electron chi connectivity index (χ2n) is 4.76. The fourth-order valence-electron chi connectivity index (χ4n) is 2.75. The van der Waals surface area contributed by atoms with Crippen LogP contribution in [0.2, 0.25) is 10.0 Å². The van der Waals surface area contributed by atoms with Crippen molar-refractivity contribution in [2.75, 3.05) is 12.4 Å². The summed E-state index contributed by atoms with van der Waals surface area (Å²) >= 11 is 12.6. The van der Waals surface area contributed by atoms with Crippen LogP contribution in [0.1, 0.15) is 29.2 Å². The number of aryl methyl sites for hydroxylation is 1. The molecule has 0 saturated heterocycles. The molecule has 0 saturated carbocycles. The molecular formula is C14H14Cl2N2O. The van der Waals surface area contributed by atoms with E-state index < -0.39 is 0 Å². The number of halogens is 2. The first-order valence-corrected chi connectivity index (χ1v) is 7.05. The zero-order valence-corrected chi connectivity index (χ0v) is 12.1. The molecule has 1 unspecified atom stereocenters. The van der Waals surface area contributed by atoms with Crippen LogP contribution in [0.5, 0.6) is 0 Å². The lowest BCUT2D eigenvalue weighted by Gasteiger charge is -2.23. The maximum absolute atomic E-state index is 6.30. The summed E-state index contributed by atoms with van der Waals surface area (Å²) in [4.78, 5) is 0. The molecule has 3 nitrogen and oxygen atoms in total. The third-order valence-electron chi connectivity index (χ3n) is 3.68. The Hall–Kier alpha value is -1.19. The Balaban J connectivity index is 1.97. The van der Waals surface area contributed by atoms with Crippen LogP contribution in [-0.4, -0.2) is 12.2 Å². The summed E-state index contributed by atoms with van der Waals surface area (Å²) in [5.74, 6) is 1.07. The molecule has 0 radical (unpaired) electrons. The molecule has 5 heteroatoms. The lowest BCUT2D eigenvalue weighted by atomic mass is 9.82. The van der Waals surface area contributed by atoms with Crippen LogP contribution >= 0.6 is 23.2 Å². The number of nitrogens with zero attached hydrogens (tertiary/aromatic N) is 1. The summed E-state index contributed by atoms with van der Waals surface area (Å²) in [6, 6.07) is 5.66. The Morgan fingerprint density at radius 3 is 2.74 bits per heavy atom. The van der Waals surface area contributed by atoms with Crippen molar-refractivity contribution in [1.29, 1.82) is 0 Å². The second kappa shape index (κ2) is 5.06. The van der Waals surface area contributed by atoms with Crippen LogP contribution in [0.4, 0.5) is 5.88 Å². The smallest absolute Gasteiger partial charge is 0.227 e. The molecule has 19 heavy (non-hydrogen) atoms. The largest absolute Gasteiger partial charge is 0.357 e. The molecular weight excluding hydrogens is 283 g/mol. The van der Waals surface area contributed by atoms with E-state index in [0.717, 1.165) is 52.0 Å². The maximum Gasteiger partial charge on any atom is 0.227 e. The molecule has 1 aliphatic carbocycles. The minimum Gasteiger partial charge on any atom is -0.357 e. The zero-order valence-electron chi connectivity index (χ0n) is 10.5. The molecule has 1 heterocycles. The van der Waals surface area contributed by atoms with E-state index in [4.69, 9.17) is 27.7 Å². The molecule has 0 spiro atoms. The highest BCUT2D eigenvalue weighted by molar-refractivity contribution is 6.36. The molecule has 0 amide bonds. The second-order valence-corrected chi connectivity index (χ2v) is 5.58. The first kappa shape index (κ1) is 12.8. The third-order valence-corrected chi connectivity index (χ3v) is 4.34. The van der Waals surface area contributed by atoms with Gasteiger partial charge in [0.15, 0.2) is 0 Å². The number of benzene rings is 1. The Kier molecular flexibility index (Phi) is 3.42. The fraction of sp³-hybridized carbons (Fsp3) is 0.357. The van der Waals surface area contributed by atoms with E-state index in [0.29, 0.717) is 5.92 Å². The first-order chi connectivity index (χ1) is 9.20. The number of fused-ring (bicyclic) bond motifs is 1. The third kappa shape index (κ3) is 2.21. The molecule has 1 aromatic carbocycles. The highest BCUT2D eigenvalue weighted by Crippen LogP contribution is 2.41. The van der Waals surface area contributed by atoms with Crippen LogP contribution in [-0.2, 0) is 12.8 Å². The lowest BCUT2D eigenvalue weighted by molar-refractivity contribution is 0.424. The van der Waals surface area contributed by atoms with Crippen molar-refractivity contribution >= 4 is 29.1 Å². The van der Waals surface area contributed by atoms with Gasteiger partial charge in [-0.1, -0.05) is 34.4 Å². The summed E-state index contributed by atoms with van der Waals surface area (Å²) in [6.07, 6.45) is 2.75. The minimum absolute atomic E-state index is 0.320. The predicted octanol–water partition coefficient (Wildman–Crippen LogP) is 4.30. The van der Waals surface area contributed by atoms with Crippen molar-refractivity contribution in [3.05, 3.63) is 45.1 Å². The van der Waals surface area contributed by atoms with E-state index in [-0.39, 0.29) is 0 Å². The molecule has 2 aromatic rings. The molecule has 0 aliphatic heterocycles. The van der Waals surface area contributed by atoms with Crippen molar-refractivity contribution in [1.82, 2.24) is 5.16 Å². The number of hydrogen-bond donors (Lipinski definition) is 1. The predicted molar refractivity (Wildman–Crippen MR) is 77.3 cm³/mol. The zero-order chi connectivity index (χ0) is 13.4. The van der Waals surface area contributed by atoms with E-state index >= 15 is 0 Å². The van der Waals surface area contributed by atoms with Gasteiger partial charge in [-0.2, -0.15) is 0 Å². The molecule has 1 aliphatic rings. The Labute approximate surface area is 121 Å².